The van der Waals surface area contributed by atoms with Gasteiger partial charge < -0.3 is 5.32 Å². The van der Waals surface area contributed by atoms with Crippen LogP contribution in [0.15, 0.2) is 14.7 Å². The highest BCUT2D eigenvalue weighted by Crippen LogP contribution is 2.17. The van der Waals surface area contributed by atoms with Crippen LogP contribution in [0.4, 0.5) is 0 Å². The highest BCUT2D eigenvalue weighted by molar-refractivity contribution is 7.99. The van der Waals surface area contributed by atoms with Crippen molar-refractivity contribution >= 4 is 11.8 Å². The van der Waals surface area contributed by atoms with Gasteiger partial charge in [-0.15, -0.1) is 0 Å². The van der Waals surface area contributed by atoms with Crippen molar-refractivity contribution in [3.63, 3.8) is 0 Å². The van der Waals surface area contributed by atoms with Gasteiger partial charge in [0.05, 0.1) is 0 Å². The van der Waals surface area contributed by atoms with E-state index in [0.29, 0.717) is 11.2 Å². The summed E-state index contributed by atoms with van der Waals surface area (Å²) in [5.41, 5.74) is -1.40. The van der Waals surface area contributed by atoms with Gasteiger partial charge in [-0.2, -0.15) is 4.98 Å². The number of aromatic nitrogens is 3. The number of hydrogen-bond donors (Lipinski definition) is 2. The van der Waals surface area contributed by atoms with Crippen LogP contribution in [0.3, 0.4) is 0 Å². The molecule has 0 amide bonds. The first-order valence-corrected chi connectivity index (χ1v) is 6.19. The second kappa shape index (κ2) is 4.84. The third kappa shape index (κ3) is 2.53. The Morgan fingerprint density at radius 1 is 1.56 bits per heavy atom. The molecular weight excluding hydrogens is 228 g/mol. The maximum absolute atomic E-state index is 11.1. The molecule has 7 heteroatoms. The summed E-state index contributed by atoms with van der Waals surface area (Å²) >= 11 is 1.49. The molecule has 2 heterocycles. The first-order chi connectivity index (χ1) is 7.66. The van der Waals surface area contributed by atoms with Gasteiger partial charge in [0, 0.05) is 18.8 Å². The number of nitrogens with one attached hydrogen (secondary N) is 2. The zero-order chi connectivity index (χ0) is 11.5. The van der Waals surface area contributed by atoms with Crippen molar-refractivity contribution in [2.45, 2.75) is 24.0 Å². The summed E-state index contributed by atoms with van der Waals surface area (Å²) in [6.45, 7) is 1.06. The lowest BCUT2D eigenvalue weighted by Crippen LogP contribution is -2.34. The maximum Gasteiger partial charge on any atom is 0.339 e. The van der Waals surface area contributed by atoms with Crippen molar-refractivity contribution < 1.29 is 0 Å². The number of H-pyrrole nitrogens is 1. The molecule has 1 atom stereocenters. The van der Waals surface area contributed by atoms with Crippen molar-refractivity contribution in [2.24, 2.45) is 7.05 Å². The minimum absolute atomic E-state index is 0.480. The van der Waals surface area contributed by atoms with Gasteiger partial charge in [0.2, 0.25) is 0 Å². The number of thioether (sulfide) groups is 1. The Morgan fingerprint density at radius 3 is 3.06 bits per heavy atom. The molecule has 1 aromatic rings. The summed E-state index contributed by atoms with van der Waals surface area (Å²) < 4.78 is 1.49. The monoisotopic (exact) mass is 242 g/mol. The fraction of sp³-hybridized carbons (Fsp3) is 0.667. The maximum atomic E-state index is 11.1. The van der Waals surface area contributed by atoms with Crippen molar-refractivity contribution in [1.29, 1.82) is 0 Å². The standard InChI is InChI=1S/C9H14N4O2S/c1-13-9(11-7(14)8(15)12-13)16-5-6-3-2-4-10-6/h6,10H,2-5H2,1H3,(H,12,15). The molecular formula is C9H14N4O2S. The van der Waals surface area contributed by atoms with E-state index in [4.69, 9.17) is 0 Å². The fourth-order valence-corrected chi connectivity index (χ4v) is 2.69. The van der Waals surface area contributed by atoms with Crippen LogP contribution in [0.2, 0.25) is 0 Å². The van der Waals surface area contributed by atoms with Crippen molar-refractivity contribution in [3.05, 3.63) is 20.7 Å². The third-order valence-electron chi connectivity index (χ3n) is 2.52. The van der Waals surface area contributed by atoms with Crippen LogP contribution in [0.1, 0.15) is 12.8 Å². The van der Waals surface area contributed by atoms with Crippen LogP contribution in [-0.4, -0.2) is 33.1 Å². The second-order valence-corrected chi connectivity index (χ2v) is 4.79. The van der Waals surface area contributed by atoms with E-state index in [0.717, 1.165) is 18.7 Å². The lowest BCUT2D eigenvalue weighted by atomic mass is 10.3. The molecule has 16 heavy (non-hydrogen) atoms. The first kappa shape index (κ1) is 11.4. The Balaban J connectivity index is 2.06. The number of aromatic amines is 1. The normalized spacial score (nSPS) is 20.2. The molecule has 6 nitrogen and oxygen atoms in total. The molecule has 0 saturated carbocycles. The largest absolute Gasteiger partial charge is 0.339 e. The Kier molecular flexibility index (Phi) is 3.45. The van der Waals surface area contributed by atoms with Crippen LogP contribution < -0.4 is 16.4 Å². The summed E-state index contributed by atoms with van der Waals surface area (Å²) in [5, 5.41) is 6.35. The average Bonchev–Trinajstić information content (AvgIpc) is 2.74. The SMILES string of the molecule is Cn1[nH]c(=O)c(=O)nc1SCC1CCCN1. The highest BCUT2D eigenvalue weighted by atomic mass is 32.2. The predicted molar refractivity (Wildman–Crippen MR) is 61.8 cm³/mol. The summed E-state index contributed by atoms with van der Waals surface area (Å²) in [6.07, 6.45) is 2.35. The quantitative estimate of drug-likeness (QED) is 0.542. The van der Waals surface area contributed by atoms with Crippen LogP contribution in [-0.2, 0) is 7.05 Å². The predicted octanol–water partition coefficient (Wildman–Crippen LogP) is -0.687. The zero-order valence-electron chi connectivity index (χ0n) is 9.02. The smallest absolute Gasteiger partial charge is 0.313 e. The van der Waals surface area contributed by atoms with Crippen LogP contribution in [0.5, 0.6) is 0 Å². The van der Waals surface area contributed by atoms with E-state index >= 15 is 0 Å². The fourth-order valence-electron chi connectivity index (χ4n) is 1.66. The van der Waals surface area contributed by atoms with Gasteiger partial charge in [-0.25, -0.2) is 0 Å². The summed E-state index contributed by atoms with van der Waals surface area (Å²) in [4.78, 5) is 25.8. The molecule has 0 radical (unpaired) electrons. The lowest BCUT2D eigenvalue weighted by molar-refractivity contribution is 0.593. The number of aryl methyl sites for hydroxylation is 1. The molecule has 0 aliphatic carbocycles. The van der Waals surface area contributed by atoms with Gasteiger partial charge in [0.1, 0.15) is 0 Å². The van der Waals surface area contributed by atoms with Gasteiger partial charge in [-0.05, 0) is 19.4 Å². The molecule has 1 aromatic heterocycles. The summed E-state index contributed by atoms with van der Waals surface area (Å²) in [5.74, 6) is 0.867. The molecule has 1 aliphatic rings. The number of hydrogen-bond acceptors (Lipinski definition) is 5. The number of rotatable bonds is 3. The molecule has 88 valence electrons. The van der Waals surface area contributed by atoms with E-state index in [-0.39, 0.29) is 0 Å². The van der Waals surface area contributed by atoms with Gasteiger partial charge in [-0.3, -0.25) is 19.4 Å². The van der Waals surface area contributed by atoms with Gasteiger partial charge in [-0.1, -0.05) is 11.8 Å². The van der Waals surface area contributed by atoms with Gasteiger partial charge in [0.15, 0.2) is 5.16 Å². The van der Waals surface area contributed by atoms with E-state index < -0.39 is 11.1 Å². The Morgan fingerprint density at radius 2 is 2.38 bits per heavy atom. The van der Waals surface area contributed by atoms with E-state index in [2.05, 4.69) is 15.4 Å². The van der Waals surface area contributed by atoms with Gasteiger partial charge >= 0.3 is 11.1 Å². The Hall–Kier alpha value is -1.08. The van der Waals surface area contributed by atoms with E-state index in [1.165, 1.54) is 22.9 Å². The molecule has 1 unspecified atom stereocenters. The lowest BCUT2D eigenvalue weighted by Gasteiger charge is -2.10. The molecule has 0 aromatic carbocycles. The molecule has 1 aliphatic heterocycles. The van der Waals surface area contributed by atoms with E-state index in [1.807, 2.05) is 0 Å². The van der Waals surface area contributed by atoms with Crippen LogP contribution >= 0.6 is 11.8 Å². The third-order valence-corrected chi connectivity index (χ3v) is 3.72. The zero-order valence-corrected chi connectivity index (χ0v) is 9.84. The highest BCUT2D eigenvalue weighted by Gasteiger charge is 2.15. The minimum Gasteiger partial charge on any atom is -0.313 e. The van der Waals surface area contributed by atoms with Crippen molar-refractivity contribution in [3.8, 4) is 0 Å². The summed E-state index contributed by atoms with van der Waals surface area (Å²) in [6, 6.07) is 0.480. The van der Waals surface area contributed by atoms with E-state index in [9.17, 15) is 9.59 Å². The molecule has 2 N–H and O–H groups in total. The number of nitrogens with zero attached hydrogens (tertiary/aromatic N) is 2. The molecule has 0 bridgehead atoms. The topological polar surface area (TPSA) is 79.8 Å². The second-order valence-electron chi connectivity index (χ2n) is 3.80. The Bertz CT molecular complexity index is 475. The van der Waals surface area contributed by atoms with E-state index in [1.54, 1.807) is 7.05 Å². The molecule has 2 rings (SSSR count). The molecule has 0 spiro atoms. The van der Waals surface area contributed by atoms with Crippen molar-refractivity contribution in [1.82, 2.24) is 20.1 Å². The summed E-state index contributed by atoms with van der Waals surface area (Å²) in [7, 11) is 1.68. The Labute approximate surface area is 96.4 Å². The average molecular weight is 242 g/mol. The minimum atomic E-state index is -0.722. The molecule has 1 fully saturated rings. The van der Waals surface area contributed by atoms with Crippen LogP contribution in [0, 0.1) is 0 Å². The van der Waals surface area contributed by atoms with Gasteiger partial charge in [0.25, 0.3) is 0 Å². The van der Waals surface area contributed by atoms with Crippen LogP contribution in [0.25, 0.3) is 0 Å². The first-order valence-electron chi connectivity index (χ1n) is 5.20. The molecule has 1 saturated heterocycles. The van der Waals surface area contributed by atoms with Crippen molar-refractivity contribution in [2.75, 3.05) is 12.3 Å².